The molecule has 0 unspecified atom stereocenters. The summed E-state index contributed by atoms with van der Waals surface area (Å²) >= 11 is 1.89. The Hall–Kier alpha value is -9.08. The number of nitrogens with zero attached hydrogens (tertiary/aromatic N) is 1. The maximum atomic E-state index is 2.54. The van der Waals surface area contributed by atoms with E-state index in [2.05, 4.69) is 265 Å². The normalized spacial score (nSPS) is 11.9. The summed E-state index contributed by atoms with van der Waals surface area (Å²) in [5.74, 6) is 0. The van der Waals surface area contributed by atoms with Crippen LogP contribution in [-0.4, -0.2) is 4.57 Å². The first-order valence-corrected chi connectivity index (χ1v) is 25.6. The minimum Gasteiger partial charge on any atom is -0.308 e. The van der Waals surface area contributed by atoms with Crippen molar-refractivity contribution in [2.24, 2.45) is 0 Å². The molecule has 13 aromatic carbocycles. The fourth-order valence-corrected chi connectivity index (χ4v) is 13.1. The van der Waals surface area contributed by atoms with Crippen LogP contribution < -0.4 is 0 Å². The van der Waals surface area contributed by atoms with Crippen molar-refractivity contribution < 1.29 is 0 Å². The first-order valence-electron chi connectivity index (χ1n) is 24.8. The molecule has 0 amide bonds. The Morgan fingerprint density at radius 1 is 0.208 bits per heavy atom. The smallest absolute Gasteiger partial charge is 0.0619 e. The van der Waals surface area contributed by atoms with Crippen molar-refractivity contribution >= 4 is 96.4 Å². The van der Waals surface area contributed by atoms with Crippen molar-refractivity contribution in [3.63, 3.8) is 0 Å². The van der Waals surface area contributed by atoms with Crippen LogP contribution >= 0.6 is 11.3 Å². The predicted octanol–water partition coefficient (Wildman–Crippen LogP) is 20.1. The number of aromatic nitrogens is 1. The molecule has 15 aromatic rings. The predicted molar refractivity (Wildman–Crippen MR) is 311 cm³/mol. The van der Waals surface area contributed by atoms with Gasteiger partial charge < -0.3 is 4.57 Å². The average molecular weight is 930 g/mol. The van der Waals surface area contributed by atoms with E-state index in [1.54, 1.807) is 0 Å². The highest BCUT2D eigenvalue weighted by Crippen LogP contribution is 2.49. The Labute approximate surface area is 420 Å². The van der Waals surface area contributed by atoms with Crippen molar-refractivity contribution in [2.45, 2.75) is 0 Å². The Morgan fingerprint density at radius 2 is 0.569 bits per heavy atom. The summed E-state index contributed by atoms with van der Waals surface area (Å²) in [4.78, 5) is 0. The van der Waals surface area contributed by atoms with Crippen LogP contribution in [0, 0.1) is 0 Å². The molecule has 72 heavy (non-hydrogen) atoms. The van der Waals surface area contributed by atoms with E-state index in [1.807, 2.05) is 11.3 Å². The van der Waals surface area contributed by atoms with Crippen LogP contribution in [0.2, 0.25) is 0 Å². The maximum absolute atomic E-state index is 2.54. The number of rotatable bonds is 6. The topological polar surface area (TPSA) is 4.93 Å². The highest BCUT2D eigenvalue weighted by atomic mass is 32.1. The number of hydrogen-bond acceptors (Lipinski definition) is 1. The third kappa shape index (κ3) is 6.26. The molecule has 0 saturated carbocycles. The first-order chi connectivity index (χ1) is 35.7. The summed E-state index contributed by atoms with van der Waals surface area (Å²) in [6.07, 6.45) is 0. The van der Waals surface area contributed by atoms with Crippen molar-refractivity contribution in [2.75, 3.05) is 0 Å². The van der Waals surface area contributed by atoms with Crippen LogP contribution in [0.15, 0.2) is 261 Å². The van der Waals surface area contributed by atoms with Gasteiger partial charge in [0, 0.05) is 41.7 Å². The molecule has 0 radical (unpaired) electrons. The molecule has 2 heteroatoms. The minimum absolute atomic E-state index is 1.19. The van der Waals surface area contributed by atoms with Gasteiger partial charge in [-0.15, -0.1) is 11.3 Å². The fourth-order valence-electron chi connectivity index (χ4n) is 12.0. The molecule has 0 saturated heterocycles. The van der Waals surface area contributed by atoms with E-state index >= 15 is 0 Å². The van der Waals surface area contributed by atoms with Gasteiger partial charge in [-0.3, -0.25) is 0 Å². The lowest BCUT2D eigenvalue weighted by Gasteiger charge is -2.20. The molecular weight excluding hydrogens is 887 g/mol. The van der Waals surface area contributed by atoms with Gasteiger partial charge in [0.15, 0.2) is 0 Å². The number of benzene rings is 13. The SMILES string of the molecule is c1ccc(-c2ccc3c(c2)c2cc(-c4ccccc4)ccc2n3-c2c3ccccc3c(-c3ccc4sc5cc(-c6c7ccccc7c(-c7ccccc7)c7ccccc67)ccc5c4c3)c3ccccc23)cc1. The van der Waals surface area contributed by atoms with Crippen LogP contribution in [0.1, 0.15) is 0 Å². The lowest BCUT2D eigenvalue weighted by molar-refractivity contribution is 1.21. The molecule has 1 nitrogen and oxygen atoms in total. The van der Waals surface area contributed by atoms with Gasteiger partial charge >= 0.3 is 0 Å². The number of fused-ring (bicyclic) bond motifs is 10. The second-order valence-electron chi connectivity index (χ2n) is 19.1. The van der Waals surface area contributed by atoms with E-state index < -0.39 is 0 Å². The van der Waals surface area contributed by atoms with E-state index in [-0.39, 0.29) is 0 Å². The molecule has 0 aliphatic rings. The maximum Gasteiger partial charge on any atom is 0.0619 e. The van der Waals surface area contributed by atoms with Crippen molar-refractivity contribution in [1.29, 1.82) is 0 Å². The number of hydrogen-bond donors (Lipinski definition) is 0. The molecule has 0 aliphatic heterocycles. The third-order valence-electron chi connectivity index (χ3n) is 15.1. The molecule has 0 spiro atoms. The quantitative estimate of drug-likeness (QED) is 0.146. The van der Waals surface area contributed by atoms with Crippen molar-refractivity contribution in [3.8, 4) is 61.3 Å². The fraction of sp³-hybridized carbons (Fsp3) is 0. The minimum atomic E-state index is 1.19. The standard InChI is InChI=1S/C70H43NS/c1-4-18-44(19-5-1)47-33-37-63-60(40-47)61-41-48(45-20-6-2-7-21-45)34-38-64(61)71(63)70-58-30-16-14-28-56(58)68(57-29-15-17-31-59(57)70)49-35-39-65-62(42-49)51-36-32-50(43-66(51)72-65)69-54-26-12-10-24-52(54)67(46-22-8-3-9-23-46)53-25-11-13-27-55(53)69/h1-43H. The summed E-state index contributed by atoms with van der Waals surface area (Å²) in [6.45, 7) is 0. The van der Waals surface area contributed by atoms with Gasteiger partial charge in [-0.2, -0.15) is 0 Å². The molecule has 15 rings (SSSR count). The first kappa shape index (κ1) is 40.8. The van der Waals surface area contributed by atoms with Crippen LogP contribution in [0.4, 0.5) is 0 Å². The largest absolute Gasteiger partial charge is 0.308 e. The zero-order valence-corrected chi connectivity index (χ0v) is 40.0. The second-order valence-corrected chi connectivity index (χ2v) is 20.2. The van der Waals surface area contributed by atoms with E-state index in [0.29, 0.717) is 0 Å². The Morgan fingerprint density at radius 3 is 1.06 bits per heavy atom. The molecular formula is C70H43NS. The molecule has 334 valence electrons. The highest BCUT2D eigenvalue weighted by Gasteiger charge is 2.23. The number of thiophene rings is 1. The van der Waals surface area contributed by atoms with Crippen LogP contribution in [0.5, 0.6) is 0 Å². The Kier molecular flexibility index (Phi) is 9.20. The van der Waals surface area contributed by atoms with E-state index in [1.165, 1.54) is 146 Å². The molecule has 0 aliphatic carbocycles. The van der Waals surface area contributed by atoms with Gasteiger partial charge in [-0.1, -0.05) is 218 Å². The molecule has 2 aromatic heterocycles. The van der Waals surface area contributed by atoms with Gasteiger partial charge in [-0.05, 0) is 130 Å². The van der Waals surface area contributed by atoms with Crippen LogP contribution in [0.3, 0.4) is 0 Å². The van der Waals surface area contributed by atoms with Crippen LogP contribution in [-0.2, 0) is 0 Å². The van der Waals surface area contributed by atoms with Gasteiger partial charge in [-0.25, -0.2) is 0 Å². The van der Waals surface area contributed by atoms with E-state index in [4.69, 9.17) is 0 Å². The van der Waals surface area contributed by atoms with Crippen LogP contribution in [0.25, 0.3) is 146 Å². The van der Waals surface area contributed by atoms with Gasteiger partial charge in [0.05, 0.1) is 16.7 Å². The van der Waals surface area contributed by atoms with Crippen molar-refractivity contribution in [3.05, 3.63) is 261 Å². The Balaban J connectivity index is 0.927. The Bertz CT molecular complexity index is 4450. The van der Waals surface area contributed by atoms with E-state index in [9.17, 15) is 0 Å². The second kappa shape index (κ2) is 16.2. The highest BCUT2D eigenvalue weighted by molar-refractivity contribution is 7.25. The summed E-state index contributed by atoms with van der Waals surface area (Å²) in [7, 11) is 0. The zero-order valence-electron chi connectivity index (χ0n) is 39.2. The summed E-state index contributed by atoms with van der Waals surface area (Å²) < 4.78 is 5.12. The summed E-state index contributed by atoms with van der Waals surface area (Å²) in [6, 6.07) is 96.8. The average Bonchev–Trinajstić information content (AvgIpc) is 3.98. The molecule has 0 N–H and O–H groups in total. The molecule has 0 atom stereocenters. The van der Waals surface area contributed by atoms with Crippen molar-refractivity contribution in [1.82, 2.24) is 4.57 Å². The molecule has 0 fully saturated rings. The van der Waals surface area contributed by atoms with Gasteiger partial charge in [0.1, 0.15) is 0 Å². The third-order valence-corrected chi connectivity index (χ3v) is 16.3. The molecule has 2 heterocycles. The molecule has 0 bridgehead atoms. The zero-order chi connectivity index (χ0) is 47.3. The lowest BCUT2D eigenvalue weighted by Crippen LogP contribution is -1.99. The lowest BCUT2D eigenvalue weighted by atomic mass is 9.86. The summed E-state index contributed by atoms with van der Waals surface area (Å²) in [5, 5.41) is 15.1. The van der Waals surface area contributed by atoms with Gasteiger partial charge in [0.2, 0.25) is 0 Å². The van der Waals surface area contributed by atoms with Gasteiger partial charge in [0.25, 0.3) is 0 Å². The van der Waals surface area contributed by atoms with E-state index in [0.717, 1.165) is 0 Å². The summed E-state index contributed by atoms with van der Waals surface area (Å²) in [5.41, 5.74) is 16.0. The monoisotopic (exact) mass is 929 g/mol.